The molecule has 0 unspecified atom stereocenters. The van der Waals surface area contributed by atoms with Crippen LogP contribution in [0.25, 0.3) is 0 Å². The average molecular weight is 416 g/mol. The zero-order chi connectivity index (χ0) is 18.7. The molecule has 0 saturated carbocycles. The van der Waals surface area contributed by atoms with E-state index >= 15 is 0 Å². The fourth-order valence-electron chi connectivity index (χ4n) is 1.79. The van der Waals surface area contributed by atoms with Crippen LogP contribution in [0.5, 0.6) is 0 Å². The van der Waals surface area contributed by atoms with Gasteiger partial charge < -0.3 is 4.74 Å². The summed E-state index contributed by atoms with van der Waals surface area (Å²) in [6, 6.07) is 4.48. The summed E-state index contributed by atoms with van der Waals surface area (Å²) in [5, 5.41) is 8.06. The Morgan fingerprint density at radius 2 is 2.04 bits per heavy atom. The lowest BCUT2D eigenvalue weighted by Gasteiger charge is -2.08. The van der Waals surface area contributed by atoms with Gasteiger partial charge in [0.05, 0.1) is 11.5 Å². The number of sulfonamides is 1. The van der Waals surface area contributed by atoms with E-state index in [-0.39, 0.29) is 23.1 Å². The fourth-order valence-corrected chi connectivity index (χ4v) is 4.24. The quantitative estimate of drug-likeness (QED) is 0.701. The number of ether oxygens (including phenoxy) is 1. The maximum atomic E-state index is 12.4. The molecule has 0 aliphatic rings. The van der Waals surface area contributed by atoms with E-state index in [1.54, 1.807) is 13.0 Å². The molecule has 12 heteroatoms. The van der Waals surface area contributed by atoms with Gasteiger partial charge in [-0.05, 0) is 24.6 Å². The van der Waals surface area contributed by atoms with Crippen LogP contribution in [0.1, 0.15) is 10.6 Å². The molecule has 0 radical (unpaired) electrons. The molecule has 138 valence electrons. The van der Waals surface area contributed by atoms with E-state index in [9.17, 15) is 21.6 Å². The van der Waals surface area contributed by atoms with Gasteiger partial charge in [-0.3, -0.25) is 4.72 Å². The molecule has 25 heavy (non-hydrogen) atoms. The molecule has 0 fully saturated rings. The van der Waals surface area contributed by atoms with Crippen LogP contribution in [0.4, 0.5) is 18.3 Å². The zero-order valence-electron chi connectivity index (χ0n) is 12.8. The molecular weight excluding hydrogens is 403 g/mol. The van der Waals surface area contributed by atoms with Crippen molar-refractivity contribution in [2.24, 2.45) is 0 Å². The number of rotatable bonds is 7. The third-order valence-corrected chi connectivity index (χ3v) is 5.84. The highest BCUT2D eigenvalue weighted by atomic mass is 35.5. The Bertz CT molecular complexity index is 841. The Labute approximate surface area is 151 Å². The van der Waals surface area contributed by atoms with Gasteiger partial charge in [-0.1, -0.05) is 29.0 Å². The van der Waals surface area contributed by atoms with Crippen LogP contribution >= 0.6 is 22.9 Å². The van der Waals surface area contributed by atoms with Crippen LogP contribution < -0.4 is 4.72 Å². The van der Waals surface area contributed by atoms with Crippen molar-refractivity contribution in [2.45, 2.75) is 24.4 Å². The van der Waals surface area contributed by atoms with E-state index < -0.39 is 22.8 Å². The molecule has 2 rings (SSSR count). The van der Waals surface area contributed by atoms with Crippen LogP contribution in [0.15, 0.2) is 23.1 Å². The molecule has 0 aliphatic carbocycles. The molecule has 0 amide bonds. The highest BCUT2D eigenvalue weighted by molar-refractivity contribution is 7.93. The molecule has 1 N–H and O–H groups in total. The number of hydrogen-bond donors (Lipinski definition) is 1. The Morgan fingerprint density at radius 3 is 2.72 bits per heavy atom. The minimum absolute atomic E-state index is 0.00481. The number of nitrogens with one attached hydrogen (secondary N) is 1. The monoisotopic (exact) mass is 415 g/mol. The van der Waals surface area contributed by atoms with Gasteiger partial charge in [0.15, 0.2) is 0 Å². The molecule has 0 bridgehead atoms. The third kappa shape index (κ3) is 5.80. The first kappa shape index (κ1) is 19.9. The summed E-state index contributed by atoms with van der Waals surface area (Å²) >= 11 is 6.83. The van der Waals surface area contributed by atoms with Crippen LogP contribution in [-0.2, 0) is 21.2 Å². The predicted molar refractivity (Wildman–Crippen MR) is 87.5 cm³/mol. The molecule has 1 heterocycles. The summed E-state index contributed by atoms with van der Waals surface area (Å²) in [5.41, 5.74) is 0.391. The summed E-state index contributed by atoms with van der Waals surface area (Å²) in [7, 11) is -3.90. The molecule has 0 spiro atoms. The SMILES string of the molecule is Cc1c(Cl)cccc1S(=O)(=O)Nc1nnc(CCOCC(F)(F)F)s1. The minimum Gasteiger partial charge on any atom is -0.372 e. The molecular formula is C13H13ClF3N3O3S2. The first-order valence-corrected chi connectivity index (χ1v) is 9.51. The van der Waals surface area contributed by atoms with Crippen LogP contribution in [0.2, 0.25) is 5.02 Å². The Hall–Kier alpha value is -1.43. The van der Waals surface area contributed by atoms with Crippen LogP contribution in [0.3, 0.4) is 0 Å². The van der Waals surface area contributed by atoms with Crippen molar-refractivity contribution in [2.75, 3.05) is 17.9 Å². The number of anilines is 1. The molecule has 1 aromatic heterocycles. The van der Waals surface area contributed by atoms with Gasteiger partial charge in [0.1, 0.15) is 11.6 Å². The maximum absolute atomic E-state index is 12.4. The van der Waals surface area contributed by atoms with Crippen molar-refractivity contribution in [1.82, 2.24) is 10.2 Å². The van der Waals surface area contributed by atoms with E-state index in [1.165, 1.54) is 12.1 Å². The van der Waals surface area contributed by atoms with E-state index in [0.717, 1.165) is 11.3 Å². The molecule has 6 nitrogen and oxygen atoms in total. The summed E-state index contributed by atoms with van der Waals surface area (Å²) in [4.78, 5) is 0.00487. The summed E-state index contributed by atoms with van der Waals surface area (Å²) in [5.74, 6) is 0. The predicted octanol–water partition coefficient (Wildman–Crippen LogP) is 3.42. The maximum Gasteiger partial charge on any atom is 0.411 e. The second-order valence-corrected chi connectivity index (χ2v) is 8.01. The number of alkyl halides is 3. The second kappa shape index (κ2) is 7.85. The van der Waals surface area contributed by atoms with Crippen molar-refractivity contribution in [3.05, 3.63) is 33.8 Å². The summed E-state index contributed by atoms with van der Waals surface area (Å²) in [6.07, 6.45) is -4.30. The second-order valence-electron chi connectivity index (χ2n) is 4.89. The van der Waals surface area contributed by atoms with Crippen LogP contribution in [0, 0.1) is 6.92 Å². The highest BCUT2D eigenvalue weighted by Crippen LogP contribution is 2.26. The normalized spacial score (nSPS) is 12.4. The van der Waals surface area contributed by atoms with Crippen molar-refractivity contribution in [1.29, 1.82) is 0 Å². The first-order chi connectivity index (χ1) is 11.6. The molecule has 0 aliphatic heterocycles. The topological polar surface area (TPSA) is 81.2 Å². The summed E-state index contributed by atoms with van der Waals surface area (Å²) < 4.78 is 67.4. The molecule has 1 aromatic carbocycles. The largest absolute Gasteiger partial charge is 0.411 e. The van der Waals surface area contributed by atoms with E-state index in [1.807, 2.05) is 0 Å². The van der Waals surface area contributed by atoms with Crippen molar-refractivity contribution in [3.63, 3.8) is 0 Å². The van der Waals surface area contributed by atoms with Gasteiger partial charge in [0.2, 0.25) is 5.13 Å². The molecule has 0 atom stereocenters. The molecule has 0 saturated heterocycles. The van der Waals surface area contributed by atoms with Gasteiger partial charge in [0, 0.05) is 11.4 Å². The van der Waals surface area contributed by atoms with E-state index in [2.05, 4.69) is 19.7 Å². The standard InChI is InChI=1S/C13H13ClF3N3O3S2/c1-8-9(14)3-2-4-10(8)25(21,22)20-12-19-18-11(24-12)5-6-23-7-13(15,16)17/h2-4H,5-7H2,1H3,(H,19,20). The van der Waals surface area contributed by atoms with Crippen LogP contribution in [-0.4, -0.2) is 38.0 Å². The van der Waals surface area contributed by atoms with Crippen molar-refractivity contribution >= 4 is 38.1 Å². The van der Waals surface area contributed by atoms with Crippen molar-refractivity contribution in [3.8, 4) is 0 Å². The van der Waals surface area contributed by atoms with Gasteiger partial charge in [-0.25, -0.2) is 8.42 Å². The van der Waals surface area contributed by atoms with Crippen molar-refractivity contribution < 1.29 is 26.3 Å². The van der Waals surface area contributed by atoms with Gasteiger partial charge >= 0.3 is 6.18 Å². The fraction of sp³-hybridized carbons (Fsp3) is 0.385. The first-order valence-electron chi connectivity index (χ1n) is 6.83. The lowest BCUT2D eigenvalue weighted by molar-refractivity contribution is -0.173. The number of benzene rings is 1. The van der Waals surface area contributed by atoms with E-state index in [4.69, 9.17) is 11.6 Å². The minimum atomic E-state index is -4.39. The zero-order valence-corrected chi connectivity index (χ0v) is 15.2. The number of hydrogen-bond acceptors (Lipinski definition) is 6. The van der Waals surface area contributed by atoms with Gasteiger partial charge in [-0.15, -0.1) is 10.2 Å². The highest BCUT2D eigenvalue weighted by Gasteiger charge is 2.27. The lowest BCUT2D eigenvalue weighted by atomic mass is 10.2. The average Bonchev–Trinajstić information content (AvgIpc) is 2.92. The van der Waals surface area contributed by atoms with E-state index in [0.29, 0.717) is 15.6 Å². The lowest BCUT2D eigenvalue weighted by Crippen LogP contribution is -2.17. The number of nitrogens with zero attached hydrogens (tertiary/aromatic N) is 2. The third-order valence-electron chi connectivity index (χ3n) is 2.92. The van der Waals surface area contributed by atoms with Gasteiger partial charge in [-0.2, -0.15) is 13.2 Å². The Balaban J connectivity index is 1.99. The molecule has 2 aromatic rings. The Kier molecular flexibility index (Phi) is 6.25. The smallest absolute Gasteiger partial charge is 0.372 e. The van der Waals surface area contributed by atoms with Gasteiger partial charge in [0.25, 0.3) is 10.0 Å². The number of halogens is 4. The Morgan fingerprint density at radius 1 is 1.32 bits per heavy atom. The summed E-state index contributed by atoms with van der Waals surface area (Å²) in [6.45, 7) is 0.0219. The number of aromatic nitrogens is 2.